The van der Waals surface area contributed by atoms with E-state index in [0.29, 0.717) is 11.4 Å². The van der Waals surface area contributed by atoms with Crippen LogP contribution in [0.4, 0.5) is 0 Å². The first kappa shape index (κ1) is 23.7. The highest BCUT2D eigenvalue weighted by molar-refractivity contribution is 5.96. The number of rotatable bonds is 5. The summed E-state index contributed by atoms with van der Waals surface area (Å²) in [5.41, 5.74) is 1.71. The average Bonchev–Trinajstić information content (AvgIpc) is 3.16. The van der Waals surface area contributed by atoms with Gasteiger partial charge in [-0.2, -0.15) is 0 Å². The molecule has 3 aromatic rings. The van der Waals surface area contributed by atoms with Crippen LogP contribution in [0.2, 0.25) is 0 Å². The van der Waals surface area contributed by atoms with Crippen LogP contribution in [0.1, 0.15) is 79.4 Å². The molecule has 0 bridgehead atoms. The smallest absolute Gasteiger partial charge is 0.353 e. The van der Waals surface area contributed by atoms with Crippen molar-refractivity contribution >= 4 is 11.9 Å². The largest absolute Gasteiger partial charge is 0.478 e. The van der Waals surface area contributed by atoms with E-state index in [0.717, 1.165) is 47.9 Å². The fourth-order valence-electron chi connectivity index (χ4n) is 4.65. The number of carbonyl (C=O) groups is 2. The van der Waals surface area contributed by atoms with Gasteiger partial charge in [-0.25, -0.2) is 9.59 Å². The van der Waals surface area contributed by atoms with E-state index >= 15 is 0 Å². The SMILES string of the molecule is CC(C)(C)c1nn(C(=O)C2CCCCC2)c(=O)n1Cc1ccc(-c2ccccc2C(=O)O)cc1. The van der Waals surface area contributed by atoms with Crippen molar-refractivity contribution in [3.8, 4) is 11.1 Å². The van der Waals surface area contributed by atoms with Gasteiger partial charge in [0.1, 0.15) is 5.82 Å². The Balaban J connectivity index is 1.66. The van der Waals surface area contributed by atoms with Gasteiger partial charge in [0.25, 0.3) is 5.91 Å². The molecule has 0 radical (unpaired) electrons. The minimum absolute atomic E-state index is 0.142. The average molecular weight is 462 g/mol. The van der Waals surface area contributed by atoms with E-state index in [4.69, 9.17) is 0 Å². The molecule has 4 rings (SSSR count). The highest BCUT2D eigenvalue weighted by Crippen LogP contribution is 2.27. The lowest BCUT2D eigenvalue weighted by atomic mass is 9.89. The first-order valence-corrected chi connectivity index (χ1v) is 11.8. The first-order chi connectivity index (χ1) is 16.2. The van der Waals surface area contributed by atoms with Crippen LogP contribution in [0.5, 0.6) is 0 Å². The molecule has 7 heteroatoms. The Morgan fingerprint density at radius 3 is 2.26 bits per heavy atom. The third kappa shape index (κ3) is 4.74. The fourth-order valence-corrected chi connectivity index (χ4v) is 4.65. The summed E-state index contributed by atoms with van der Waals surface area (Å²) in [5, 5.41) is 14.0. The van der Waals surface area contributed by atoms with Crippen LogP contribution in [-0.4, -0.2) is 31.3 Å². The Morgan fingerprint density at radius 1 is 1.00 bits per heavy atom. The molecule has 0 aliphatic heterocycles. The quantitative estimate of drug-likeness (QED) is 0.579. The van der Waals surface area contributed by atoms with E-state index < -0.39 is 17.1 Å². The third-order valence-electron chi connectivity index (χ3n) is 6.46. The molecule has 1 N–H and O–H groups in total. The van der Waals surface area contributed by atoms with Crippen LogP contribution in [-0.2, 0) is 12.0 Å². The van der Waals surface area contributed by atoms with Crippen molar-refractivity contribution in [3.05, 3.63) is 76.0 Å². The maximum atomic E-state index is 13.3. The fraction of sp³-hybridized carbons (Fsp3) is 0.407. The van der Waals surface area contributed by atoms with E-state index in [1.165, 1.54) is 0 Å². The summed E-state index contributed by atoms with van der Waals surface area (Å²) in [4.78, 5) is 38.0. The normalized spacial score (nSPS) is 14.8. The number of carbonyl (C=O) groups excluding carboxylic acids is 1. The van der Waals surface area contributed by atoms with Gasteiger partial charge in [-0.3, -0.25) is 9.36 Å². The predicted molar refractivity (Wildman–Crippen MR) is 130 cm³/mol. The molecule has 34 heavy (non-hydrogen) atoms. The topological polar surface area (TPSA) is 94.2 Å². The molecule has 1 heterocycles. The van der Waals surface area contributed by atoms with Gasteiger partial charge in [0.2, 0.25) is 0 Å². The maximum Gasteiger partial charge on any atom is 0.353 e. The number of nitrogens with zero attached hydrogens (tertiary/aromatic N) is 3. The number of carboxylic acid groups (broad SMARTS) is 1. The van der Waals surface area contributed by atoms with E-state index in [-0.39, 0.29) is 23.9 Å². The third-order valence-corrected chi connectivity index (χ3v) is 6.46. The van der Waals surface area contributed by atoms with Crippen molar-refractivity contribution in [1.82, 2.24) is 14.3 Å². The van der Waals surface area contributed by atoms with Gasteiger partial charge in [0.05, 0.1) is 12.1 Å². The number of carboxylic acids is 1. The highest BCUT2D eigenvalue weighted by atomic mass is 16.4. The van der Waals surface area contributed by atoms with Crippen molar-refractivity contribution in [2.75, 3.05) is 0 Å². The molecule has 0 saturated heterocycles. The number of aromatic nitrogens is 3. The molecule has 2 aromatic carbocycles. The Morgan fingerprint density at radius 2 is 1.65 bits per heavy atom. The van der Waals surface area contributed by atoms with Crippen LogP contribution < -0.4 is 5.69 Å². The van der Waals surface area contributed by atoms with E-state index in [1.807, 2.05) is 51.1 Å². The Kier molecular flexibility index (Phi) is 6.55. The van der Waals surface area contributed by atoms with Gasteiger partial charge in [-0.05, 0) is 35.6 Å². The number of benzene rings is 2. The molecule has 7 nitrogen and oxygen atoms in total. The van der Waals surface area contributed by atoms with Crippen molar-refractivity contribution in [3.63, 3.8) is 0 Å². The summed E-state index contributed by atoms with van der Waals surface area (Å²) in [7, 11) is 0. The molecule has 1 aromatic heterocycles. The van der Waals surface area contributed by atoms with Crippen molar-refractivity contribution in [2.45, 2.75) is 64.8 Å². The van der Waals surface area contributed by atoms with Crippen LogP contribution in [0.3, 0.4) is 0 Å². The van der Waals surface area contributed by atoms with Gasteiger partial charge in [-0.15, -0.1) is 9.78 Å². The monoisotopic (exact) mass is 461 g/mol. The summed E-state index contributed by atoms with van der Waals surface area (Å²) in [6.45, 7) is 6.22. The lowest BCUT2D eigenvalue weighted by Gasteiger charge is -2.19. The molecule has 0 amide bonds. The van der Waals surface area contributed by atoms with Crippen LogP contribution >= 0.6 is 0 Å². The second kappa shape index (κ2) is 9.41. The summed E-state index contributed by atoms with van der Waals surface area (Å²) in [6, 6.07) is 14.4. The lowest BCUT2D eigenvalue weighted by molar-refractivity contribution is 0.0696. The summed E-state index contributed by atoms with van der Waals surface area (Å²) in [5.74, 6) is -0.746. The molecule has 178 valence electrons. The zero-order valence-corrected chi connectivity index (χ0v) is 20.0. The zero-order chi connectivity index (χ0) is 24.5. The Hall–Kier alpha value is -3.48. The molecule has 1 aliphatic carbocycles. The molecule has 1 fully saturated rings. The van der Waals surface area contributed by atoms with Gasteiger partial charge < -0.3 is 5.11 Å². The van der Waals surface area contributed by atoms with Crippen LogP contribution in [0, 0.1) is 5.92 Å². The molecular weight excluding hydrogens is 430 g/mol. The van der Waals surface area contributed by atoms with Crippen molar-refractivity contribution in [2.24, 2.45) is 5.92 Å². The highest BCUT2D eigenvalue weighted by Gasteiger charge is 2.30. The van der Waals surface area contributed by atoms with Crippen LogP contribution in [0.15, 0.2) is 53.3 Å². The van der Waals surface area contributed by atoms with E-state index in [1.54, 1.807) is 22.8 Å². The van der Waals surface area contributed by atoms with Gasteiger partial charge in [-0.1, -0.05) is 82.5 Å². The lowest BCUT2D eigenvalue weighted by Crippen LogP contribution is -2.35. The van der Waals surface area contributed by atoms with Gasteiger partial charge >= 0.3 is 11.7 Å². The number of hydrogen-bond donors (Lipinski definition) is 1. The zero-order valence-electron chi connectivity index (χ0n) is 20.0. The summed E-state index contributed by atoms with van der Waals surface area (Å²) in [6.07, 6.45) is 4.77. The van der Waals surface area contributed by atoms with E-state index in [2.05, 4.69) is 5.10 Å². The molecule has 0 unspecified atom stereocenters. The Labute approximate surface area is 199 Å². The first-order valence-electron chi connectivity index (χ1n) is 11.8. The van der Waals surface area contributed by atoms with Crippen molar-refractivity contribution < 1.29 is 14.7 Å². The minimum atomic E-state index is -0.976. The molecule has 1 saturated carbocycles. The molecular formula is C27H31N3O4. The maximum absolute atomic E-state index is 13.3. The van der Waals surface area contributed by atoms with Crippen molar-refractivity contribution in [1.29, 1.82) is 0 Å². The second-order valence-corrected chi connectivity index (χ2v) is 10.1. The molecule has 0 atom stereocenters. The number of hydrogen-bond acceptors (Lipinski definition) is 4. The van der Waals surface area contributed by atoms with Gasteiger partial charge in [0.15, 0.2) is 0 Å². The van der Waals surface area contributed by atoms with Crippen LogP contribution in [0.25, 0.3) is 11.1 Å². The minimum Gasteiger partial charge on any atom is -0.478 e. The Bertz CT molecular complexity index is 1260. The molecule has 1 aliphatic rings. The standard InChI is InChI=1S/C27H31N3O4/c1-27(2,3)25-28-30(23(31)20-9-5-4-6-10-20)26(34)29(25)17-18-13-15-19(16-14-18)21-11-7-8-12-22(21)24(32)33/h7-8,11-16,20H,4-6,9-10,17H2,1-3H3,(H,32,33). The van der Waals surface area contributed by atoms with Gasteiger partial charge in [0, 0.05) is 11.3 Å². The summed E-state index contributed by atoms with van der Waals surface area (Å²) >= 11 is 0. The summed E-state index contributed by atoms with van der Waals surface area (Å²) < 4.78 is 2.66. The molecule has 0 spiro atoms. The second-order valence-electron chi connectivity index (χ2n) is 10.1. The predicted octanol–water partition coefficient (Wildman–Crippen LogP) is 4.98. The number of aromatic carboxylic acids is 1. The van der Waals surface area contributed by atoms with E-state index in [9.17, 15) is 19.5 Å².